The van der Waals surface area contributed by atoms with E-state index in [0.717, 1.165) is 19.4 Å². The van der Waals surface area contributed by atoms with Gasteiger partial charge in [0.15, 0.2) is 0 Å². The van der Waals surface area contributed by atoms with E-state index in [1.807, 2.05) is 0 Å². The first-order valence-corrected chi connectivity index (χ1v) is 8.94. The van der Waals surface area contributed by atoms with E-state index < -0.39 is 0 Å². The Bertz CT molecular complexity index is 935. The molecule has 0 bridgehead atoms. The third-order valence-corrected chi connectivity index (χ3v) is 5.67. The fraction of sp³-hybridized carbons (Fsp3) is 0.333. The highest BCUT2D eigenvalue weighted by molar-refractivity contribution is 7.10. The Labute approximate surface area is 143 Å². The normalized spacial score (nSPS) is 18.5. The molecule has 2 aromatic heterocycles. The van der Waals surface area contributed by atoms with Crippen LogP contribution in [-0.4, -0.2) is 21.0 Å². The van der Waals surface area contributed by atoms with E-state index in [2.05, 4.69) is 27.4 Å². The van der Waals surface area contributed by atoms with E-state index in [1.165, 1.54) is 17.0 Å². The van der Waals surface area contributed by atoms with Crippen molar-refractivity contribution >= 4 is 22.4 Å². The molecule has 124 valence electrons. The largest absolute Gasteiger partial charge is 0.308 e. The minimum Gasteiger partial charge on any atom is -0.308 e. The number of aryl methyl sites for hydroxylation is 1. The third kappa shape index (κ3) is 2.65. The van der Waals surface area contributed by atoms with Crippen LogP contribution in [0.25, 0.3) is 11.0 Å². The van der Waals surface area contributed by atoms with Crippen molar-refractivity contribution in [2.75, 3.05) is 6.54 Å². The number of aromatic nitrogens is 2. The number of hydrogen-bond donors (Lipinski definition) is 0. The monoisotopic (exact) mass is 343 g/mol. The van der Waals surface area contributed by atoms with Gasteiger partial charge in [-0.3, -0.25) is 9.69 Å². The molecule has 0 spiro atoms. The van der Waals surface area contributed by atoms with Crippen molar-refractivity contribution in [3.63, 3.8) is 0 Å². The lowest BCUT2D eigenvalue weighted by molar-refractivity contribution is 0.247. The molecule has 0 saturated carbocycles. The Morgan fingerprint density at radius 3 is 3.04 bits per heavy atom. The first-order valence-electron chi connectivity index (χ1n) is 8.06. The number of rotatable bonds is 3. The Morgan fingerprint density at radius 2 is 2.25 bits per heavy atom. The van der Waals surface area contributed by atoms with Crippen LogP contribution in [0.5, 0.6) is 0 Å². The zero-order valence-electron chi connectivity index (χ0n) is 13.4. The number of hydrogen-bond acceptors (Lipinski definition) is 4. The molecule has 1 saturated heterocycles. The summed E-state index contributed by atoms with van der Waals surface area (Å²) >= 11 is 1.75. The van der Waals surface area contributed by atoms with Crippen molar-refractivity contribution in [2.24, 2.45) is 7.05 Å². The second kappa shape index (κ2) is 6.11. The van der Waals surface area contributed by atoms with Gasteiger partial charge in [0.1, 0.15) is 11.5 Å². The summed E-state index contributed by atoms with van der Waals surface area (Å²) in [7, 11) is 1.72. The minimum atomic E-state index is -0.336. The lowest BCUT2D eigenvalue weighted by Crippen LogP contribution is -2.30. The van der Waals surface area contributed by atoms with E-state index in [1.54, 1.807) is 29.0 Å². The predicted molar refractivity (Wildman–Crippen MR) is 93.6 cm³/mol. The van der Waals surface area contributed by atoms with E-state index in [-0.39, 0.29) is 11.4 Å². The van der Waals surface area contributed by atoms with Gasteiger partial charge in [0, 0.05) is 30.6 Å². The molecule has 3 aromatic rings. The van der Waals surface area contributed by atoms with Crippen LogP contribution in [0.2, 0.25) is 0 Å². The highest BCUT2D eigenvalue weighted by Gasteiger charge is 2.28. The van der Waals surface area contributed by atoms with Crippen molar-refractivity contribution in [1.82, 2.24) is 14.5 Å². The van der Waals surface area contributed by atoms with Crippen molar-refractivity contribution in [1.29, 1.82) is 0 Å². The van der Waals surface area contributed by atoms with E-state index >= 15 is 0 Å². The number of benzene rings is 1. The molecule has 0 radical (unpaired) electrons. The number of thiophene rings is 1. The summed E-state index contributed by atoms with van der Waals surface area (Å²) in [6, 6.07) is 8.91. The molecule has 1 fully saturated rings. The summed E-state index contributed by atoms with van der Waals surface area (Å²) in [5, 5.41) is 2.09. The minimum absolute atomic E-state index is 0.106. The van der Waals surface area contributed by atoms with Crippen LogP contribution in [0.15, 0.2) is 40.5 Å². The fourth-order valence-corrected chi connectivity index (χ4v) is 4.38. The molecule has 0 unspecified atom stereocenters. The second-order valence-corrected chi connectivity index (χ2v) is 7.18. The molecule has 0 N–H and O–H groups in total. The summed E-state index contributed by atoms with van der Waals surface area (Å²) in [4.78, 5) is 20.7. The molecule has 3 heterocycles. The second-order valence-electron chi connectivity index (χ2n) is 6.20. The molecular formula is C18H18FN3OS. The Kier molecular flexibility index (Phi) is 3.94. The zero-order chi connectivity index (χ0) is 16.7. The maximum absolute atomic E-state index is 13.5. The molecule has 6 heteroatoms. The van der Waals surface area contributed by atoms with Gasteiger partial charge in [-0.2, -0.15) is 0 Å². The van der Waals surface area contributed by atoms with Gasteiger partial charge >= 0.3 is 0 Å². The number of fused-ring (bicyclic) bond motifs is 1. The standard InChI is InChI=1S/C18H18FN3OS/c1-21-15-7-6-12(19)10-13(15)20-14(18(21)23)11-22-8-2-4-16(22)17-5-3-9-24-17/h3,5-7,9-10,16H,2,4,8,11H2,1H3/t16-/m0/s1. The lowest BCUT2D eigenvalue weighted by atomic mass is 10.2. The van der Waals surface area contributed by atoms with Gasteiger partial charge < -0.3 is 4.57 Å². The van der Waals surface area contributed by atoms with Crippen LogP contribution in [0, 0.1) is 5.82 Å². The van der Waals surface area contributed by atoms with Crippen molar-refractivity contribution in [2.45, 2.75) is 25.4 Å². The molecule has 4 nitrogen and oxygen atoms in total. The first kappa shape index (κ1) is 15.5. The van der Waals surface area contributed by atoms with Gasteiger partial charge in [0.2, 0.25) is 0 Å². The highest BCUT2D eigenvalue weighted by atomic mass is 32.1. The van der Waals surface area contributed by atoms with Gasteiger partial charge in [0.25, 0.3) is 5.56 Å². The van der Waals surface area contributed by atoms with Crippen LogP contribution in [0.3, 0.4) is 0 Å². The molecule has 0 amide bonds. The molecule has 1 atom stereocenters. The van der Waals surface area contributed by atoms with Crippen LogP contribution in [-0.2, 0) is 13.6 Å². The highest BCUT2D eigenvalue weighted by Crippen LogP contribution is 2.35. The molecular weight excluding hydrogens is 325 g/mol. The van der Waals surface area contributed by atoms with Crippen molar-refractivity contribution < 1.29 is 4.39 Å². The molecule has 1 aliphatic heterocycles. The van der Waals surface area contributed by atoms with Crippen molar-refractivity contribution in [3.8, 4) is 0 Å². The average Bonchev–Trinajstić information content (AvgIpc) is 3.23. The maximum Gasteiger partial charge on any atom is 0.273 e. The first-order chi connectivity index (χ1) is 11.6. The summed E-state index contributed by atoms with van der Waals surface area (Å²) in [5.74, 6) is -0.336. The molecule has 1 aromatic carbocycles. The van der Waals surface area contributed by atoms with Gasteiger partial charge in [-0.05, 0) is 43.0 Å². The average molecular weight is 343 g/mol. The van der Waals surface area contributed by atoms with Crippen LogP contribution < -0.4 is 5.56 Å². The summed E-state index contributed by atoms with van der Waals surface area (Å²) in [6.45, 7) is 1.45. The van der Waals surface area contributed by atoms with Gasteiger partial charge in [-0.25, -0.2) is 9.37 Å². The van der Waals surface area contributed by atoms with Gasteiger partial charge in [-0.1, -0.05) is 6.07 Å². The smallest absolute Gasteiger partial charge is 0.273 e. The number of likely N-dealkylation sites (tertiary alicyclic amines) is 1. The maximum atomic E-state index is 13.5. The molecule has 24 heavy (non-hydrogen) atoms. The molecule has 0 aliphatic carbocycles. The Balaban J connectivity index is 1.71. The van der Waals surface area contributed by atoms with Crippen LogP contribution >= 0.6 is 11.3 Å². The van der Waals surface area contributed by atoms with E-state index in [9.17, 15) is 9.18 Å². The summed E-state index contributed by atoms with van der Waals surface area (Å²) in [5.41, 5.74) is 1.56. The lowest BCUT2D eigenvalue weighted by Gasteiger charge is -2.23. The quantitative estimate of drug-likeness (QED) is 0.731. The zero-order valence-corrected chi connectivity index (χ0v) is 14.2. The molecule has 4 rings (SSSR count). The Morgan fingerprint density at radius 1 is 1.38 bits per heavy atom. The van der Waals surface area contributed by atoms with Crippen molar-refractivity contribution in [3.05, 3.63) is 62.5 Å². The van der Waals surface area contributed by atoms with Gasteiger partial charge in [0.05, 0.1) is 11.0 Å². The van der Waals surface area contributed by atoms with Crippen LogP contribution in [0.1, 0.15) is 29.5 Å². The predicted octanol–water partition coefficient (Wildman–Crippen LogP) is 3.47. The number of nitrogens with zero attached hydrogens (tertiary/aromatic N) is 3. The molecule has 1 aliphatic rings. The van der Waals surface area contributed by atoms with E-state index in [4.69, 9.17) is 0 Å². The topological polar surface area (TPSA) is 38.1 Å². The third-order valence-electron chi connectivity index (χ3n) is 4.69. The number of halogens is 1. The van der Waals surface area contributed by atoms with E-state index in [0.29, 0.717) is 29.3 Å². The summed E-state index contributed by atoms with van der Waals surface area (Å²) in [6.07, 6.45) is 2.22. The van der Waals surface area contributed by atoms with Gasteiger partial charge in [-0.15, -0.1) is 11.3 Å². The summed E-state index contributed by atoms with van der Waals surface area (Å²) < 4.78 is 15.1. The van der Waals surface area contributed by atoms with Crippen LogP contribution in [0.4, 0.5) is 4.39 Å². The Hall–Kier alpha value is -2.05. The fourth-order valence-electron chi connectivity index (χ4n) is 3.48. The SMILES string of the molecule is Cn1c(=O)c(CN2CCC[C@H]2c2cccs2)nc2cc(F)ccc21.